The third kappa shape index (κ3) is 3.71. The molecule has 2 aliphatic heterocycles. The second-order valence-electron chi connectivity index (χ2n) is 10.3. The minimum Gasteiger partial charge on any atom is -0.444 e. The number of pyridine rings is 1. The molecule has 0 saturated carbocycles. The monoisotopic (exact) mass is 461 g/mol. The Morgan fingerprint density at radius 2 is 2.03 bits per heavy atom. The standard InChI is InChI=1S/C26H31N5O3/c1-25(2,3)34-24(33)29-16-8-7-14-26(29,4)31-20(18-10-5-6-12-21(18)32)13-17-30-23(31)19-11-9-15-27-22(19)28-30/h5-6,9-13,15,17-18,20H,7-8,14,16H2,1-4H3. The number of carbonyl (C=O) groups excluding carboxylic acids is 2. The number of likely N-dealkylation sites (tertiary alicyclic amines) is 1. The summed E-state index contributed by atoms with van der Waals surface area (Å²) in [6.45, 7) is 8.30. The van der Waals surface area contributed by atoms with Crippen molar-refractivity contribution in [3.8, 4) is 0 Å². The summed E-state index contributed by atoms with van der Waals surface area (Å²) < 4.78 is 7.65. The Balaban J connectivity index is 1.67. The molecule has 3 atom stereocenters. The molecule has 4 heterocycles. The van der Waals surface area contributed by atoms with Gasteiger partial charge in [-0.15, -0.1) is 5.10 Å². The smallest absolute Gasteiger partial charge is 0.412 e. The molecule has 1 fully saturated rings. The van der Waals surface area contributed by atoms with E-state index in [1.807, 2.05) is 66.9 Å². The molecule has 1 saturated heterocycles. The van der Waals surface area contributed by atoms with Gasteiger partial charge in [0.2, 0.25) is 0 Å². The van der Waals surface area contributed by atoms with Gasteiger partial charge in [-0.05, 0) is 71.2 Å². The first-order valence-electron chi connectivity index (χ1n) is 11.9. The van der Waals surface area contributed by atoms with Crippen LogP contribution in [0.2, 0.25) is 0 Å². The van der Waals surface area contributed by atoms with Crippen LogP contribution in [0.1, 0.15) is 47.0 Å². The Morgan fingerprint density at radius 1 is 1.21 bits per heavy atom. The topological polar surface area (TPSA) is 80.6 Å². The Kier molecular flexibility index (Phi) is 5.34. The van der Waals surface area contributed by atoms with Crippen molar-refractivity contribution >= 4 is 34.9 Å². The predicted molar refractivity (Wildman–Crippen MR) is 131 cm³/mol. The highest BCUT2D eigenvalue weighted by Crippen LogP contribution is 2.44. The van der Waals surface area contributed by atoms with E-state index in [1.165, 1.54) is 0 Å². The summed E-state index contributed by atoms with van der Waals surface area (Å²) in [4.78, 5) is 35.0. The molecule has 2 aromatic rings. The number of carbonyl (C=O) groups is 2. The number of allylic oxidation sites excluding steroid dienone is 3. The first-order valence-corrected chi connectivity index (χ1v) is 11.9. The molecule has 3 unspecified atom stereocenters. The van der Waals surface area contributed by atoms with Crippen LogP contribution in [0.25, 0.3) is 17.2 Å². The number of hydrogen-bond donors (Lipinski definition) is 0. The van der Waals surface area contributed by atoms with Gasteiger partial charge in [0.25, 0.3) is 0 Å². The molecule has 0 spiro atoms. The lowest BCUT2D eigenvalue weighted by molar-refractivity contribution is -0.117. The van der Waals surface area contributed by atoms with Gasteiger partial charge in [-0.25, -0.2) is 14.5 Å². The fraction of sp³-hybridized carbons (Fsp3) is 0.462. The molecule has 2 aromatic heterocycles. The van der Waals surface area contributed by atoms with Gasteiger partial charge >= 0.3 is 6.09 Å². The van der Waals surface area contributed by atoms with E-state index in [0.29, 0.717) is 12.2 Å². The summed E-state index contributed by atoms with van der Waals surface area (Å²) in [5.41, 5.74) is -0.713. The Labute approximate surface area is 199 Å². The summed E-state index contributed by atoms with van der Waals surface area (Å²) in [7, 11) is 0. The Bertz CT molecular complexity index is 1220. The Morgan fingerprint density at radius 3 is 2.79 bits per heavy atom. The van der Waals surface area contributed by atoms with E-state index in [0.717, 1.165) is 30.5 Å². The number of hydrogen-bond acceptors (Lipinski definition) is 6. The lowest BCUT2D eigenvalue weighted by Crippen LogP contribution is -2.67. The molecule has 8 nitrogen and oxygen atoms in total. The Hall–Kier alpha value is -3.42. The maximum Gasteiger partial charge on any atom is 0.412 e. The van der Waals surface area contributed by atoms with Crippen LogP contribution in [0.3, 0.4) is 0 Å². The van der Waals surface area contributed by atoms with Crippen molar-refractivity contribution in [3.05, 3.63) is 48.7 Å². The van der Waals surface area contributed by atoms with Gasteiger partial charge in [0.05, 0.1) is 17.3 Å². The van der Waals surface area contributed by atoms with Crippen LogP contribution >= 0.6 is 0 Å². The van der Waals surface area contributed by atoms with Gasteiger partial charge in [-0.2, -0.15) is 0 Å². The zero-order valence-electron chi connectivity index (χ0n) is 20.1. The van der Waals surface area contributed by atoms with E-state index in [2.05, 4.69) is 21.9 Å². The van der Waals surface area contributed by atoms with E-state index in [-0.39, 0.29) is 23.8 Å². The molecular formula is C26H31N5O3. The highest BCUT2D eigenvalue weighted by Gasteiger charge is 2.50. The van der Waals surface area contributed by atoms with Crippen molar-refractivity contribution in [1.29, 1.82) is 0 Å². The number of rotatable bonds is 2. The van der Waals surface area contributed by atoms with E-state index in [9.17, 15) is 9.59 Å². The quantitative estimate of drug-likeness (QED) is 0.653. The van der Waals surface area contributed by atoms with Gasteiger partial charge in [0.15, 0.2) is 11.4 Å². The third-order valence-electron chi connectivity index (χ3n) is 6.78. The summed E-state index contributed by atoms with van der Waals surface area (Å²) in [6, 6.07) is 3.58. The number of amides is 1. The fourth-order valence-electron chi connectivity index (χ4n) is 5.28. The van der Waals surface area contributed by atoms with Gasteiger partial charge in [-0.1, -0.05) is 18.2 Å². The normalized spacial score (nSPS) is 26.8. The number of anilines is 1. The van der Waals surface area contributed by atoms with Crippen molar-refractivity contribution in [2.45, 2.75) is 64.3 Å². The predicted octanol–water partition coefficient (Wildman–Crippen LogP) is 4.54. The number of fused-ring (bicyclic) bond motifs is 3. The lowest BCUT2D eigenvalue weighted by Gasteiger charge is -2.55. The molecular weight excluding hydrogens is 430 g/mol. The van der Waals surface area contributed by atoms with Crippen LogP contribution in [-0.2, 0) is 9.53 Å². The number of piperidine rings is 1. The van der Waals surface area contributed by atoms with Crippen molar-refractivity contribution in [2.75, 3.05) is 11.4 Å². The molecule has 3 aliphatic rings. The zero-order valence-corrected chi connectivity index (χ0v) is 20.1. The molecule has 8 heteroatoms. The number of ketones is 1. The molecule has 0 aromatic carbocycles. The van der Waals surface area contributed by atoms with Crippen LogP contribution in [0.5, 0.6) is 0 Å². The summed E-state index contributed by atoms with van der Waals surface area (Å²) in [5, 5.41) is 5.57. The summed E-state index contributed by atoms with van der Waals surface area (Å²) >= 11 is 0. The number of ether oxygens (including phenoxy) is 1. The average Bonchev–Trinajstić information content (AvgIpc) is 3.16. The van der Waals surface area contributed by atoms with Gasteiger partial charge < -0.3 is 9.64 Å². The minimum atomic E-state index is -0.730. The van der Waals surface area contributed by atoms with Crippen LogP contribution in [0.4, 0.5) is 10.6 Å². The molecule has 0 bridgehead atoms. The molecule has 178 valence electrons. The molecule has 5 rings (SSSR count). The van der Waals surface area contributed by atoms with Gasteiger partial charge in [0, 0.05) is 18.9 Å². The molecule has 1 aliphatic carbocycles. The molecule has 0 N–H and O–H groups in total. The summed E-state index contributed by atoms with van der Waals surface area (Å²) in [5.74, 6) is 0.501. The maximum atomic E-state index is 13.5. The van der Waals surface area contributed by atoms with E-state index < -0.39 is 11.3 Å². The van der Waals surface area contributed by atoms with Crippen molar-refractivity contribution in [3.63, 3.8) is 0 Å². The number of nitrogens with zero attached hydrogens (tertiary/aromatic N) is 5. The molecule has 34 heavy (non-hydrogen) atoms. The minimum absolute atomic E-state index is 0.0424. The summed E-state index contributed by atoms with van der Waals surface area (Å²) in [6.07, 6.45) is 15.1. The lowest BCUT2D eigenvalue weighted by atomic mass is 9.85. The first kappa shape index (κ1) is 22.4. The maximum absolute atomic E-state index is 13.5. The zero-order chi connectivity index (χ0) is 24.1. The van der Waals surface area contributed by atoms with E-state index in [1.54, 1.807) is 18.3 Å². The largest absolute Gasteiger partial charge is 0.444 e. The van der Waals surface area contributed by atoms with Gasteiger partial charge in [0.1, 0.15) is 17.1 Å². The van der Waals surface area contributed by atoms with E-state index in [4.69, 9.17) is 4.74 Å². The van der Waals surface area contributed by atoms with Crippen LogP contribution in [0.15, 0.2) is 48.7 Å². The second kappa shape index (κ2) is 8.11. The van der Waals surface area contributed by atoms with Crippen LogP contribution in [0, 0.1) is 5.92 Å². The van der Waals surface area contributed by atoms with Crippen molar-refractivity contribution < 1.29 is 14.3 Å². The third-order valence-corrected chi connectivity index (χ3v) is 6.78. The van der Waals surface area contributed by atoms with Crippen molar-refractivity contribution in [2.24, 2.45) is 5.92 Å². The van der Waals surface area contributed by atoms with Crippen LogP contribution < -0.4 is 4.90 Å². The first-order chi connectivity index (χ1) is 16.2. The fourth-order valence-corrected chi connectivity index (χ4v) is 5.28. The van der Waals surface area contributed by atoms with E-state index >= 15 is 0 Å². The SMILES string of the molecule is CC(C)(C)OC(=O)N1CCCCC1(C)N1c2c3cccnc3nn2C=CC1C1C=CC=CC1=O. The average molecular weight is 462 g/mol. The van der Waals surface area contributed by atoms with Crippen LogP contribution in [-0.4, -0.2) is 55.4 Å². The highest BCUT2D eigenvalue weighted by molar-refractivity contribution is 5.97. The number of aromatic nitrogens is 3. The molecule has 1 amide bonds. The highest BCUT2D eigenvalue weighted by atomic mass is 16.6. The van der Waals surface area contributed by atoms with Gasteiger partial charge in [-0.3, -0.25) is 9.69 Å². The molecule has 0 radical (unpaired) electrons. The second-order valence-corrected chi connectivity index (χ2v) is 10.3. The van der Waals surface area contributed by atoms with Crippen molar-refractivity contribution in [1.82, 2.24) is 19.7 Å².